The van der Waals surface area contributed by atoms with Crippen LogP contribution in [0, 0.1) is 0 Å². The van der Waals surface area contributed by atoms with E-state index in [9.17, 15) is 4.79 Å². The molecule has 5 heteroatoms. The first kappa shape index (κ1) is 13.9. The lowest BCUT2D eigenvalue weighted by Crippen LogP contribution is -2.21. The molecule has 2 rings (SSSR count). The molecule has 0 bridgehead atoms. The average molecular weight is 272 g/mol. The summed E-state index contributed by atoms with van der Waals surface area (Å²) in [5.41, 5.74) is 1.16. The molecule has 20 heavy (non-hydrogen) atoms. The third kappa shape index (κ3) is 3.26. The second kappa shape index (κ2) is 6.56. The fraction of sp³-hybridized carbons (Fsp3) is 0.200. The number of hydrogen-bond donors (Lipinski definition) is 1. The minimum Gasteiger partial charge on any atom is -0.491 e. The Labute approximate surface area is 116 Å². The first-order valence-electron chi connectivity index (χ1n) is 6.28. The van der Waals surface area contributed by atoms with E-state index in [1.165, 1.54) is 6.07 Å². The molecule has 0 saturated heterocycles. The molecule has 1 aromatic carbocycles. The van der Waals surface area contributed by atoms with Crippen LogP contribution in [-0.4, -0.2) is 22.1 Å². The van der Waals surface area contributed by atoms with Crippen LogP contribution in [-0.2, 0) is 6.54 Å². The molecule has 0 aliphatic rings. The fourth-order valence-corrected chi connectivity index (χ4v) is 1.84. The standard InChI is InChI=1S/C15H16N2O3/c1-12(16-19)13-6-2-3-7-14(13)20-11-10-17-9-5-4-8-15(17)18/h2-9,19H,10-11H2,1H3/b16-12-. The van der Waals surface area contributed by atoms with Gasteiger partial charge in [0.05, 0.1) is 12.3 Å². The Morgan fingerprint density at radius 3 is 2.75 bits per heavy atom. The number of para-hydroxylation sites is 1. The molecule has 0 atom stereocenters. The van der Waals surface area contributed by atoms with Crippen molar-refractivity contribution < 1.29 is 9.94 Å². The molecule has 2 aromatic rings. The predicted molar refractivity (Wildman–Crippen MR) is 76.6 cm³/mol. The van der Waals surface area contributed by atoms with Gasteiger partial charge in [-0.15, -0.1) is 0 Å². The minimum absolute atomic E-state index is 0.0579. The van der Waals surface area contributed by atoms with E-state index >= 15 is 0 Å². The van der Waals surface area contributed by atoms with Crippen LogP contribution >= 0.6 is 0 Å². The molecule has 0 unspecified atom stereocenters. The highest BCUT2D eigenvalue weighted by Crippen LogP contribution is 2.18. The molecule has 0 aliphatic heterocycles. The van der Waals surface area contributed by atoms with E-state index in [4.69, 9.17) is 9.94 Å². The van der Waals surface area contributed by atoms with E-state index in [1.807, 2.05) is 18.2 Å². The maximum absolute atomic E-state index is 11.5. The second-order valence-corrected chi connectivity index (χ2v) is 4.26. The normalized spacial score (nSPS) is 11.3. The number of nitrogens with zero attached hydrogens (tertiary/aromatic N) is 2. The highest BCUT2D eigenvalue weighted by molar-refractivity contribution is 6.00. The molecule has 0 radical (unpaired) electrons. The third-order valence-corrected chi connectivity index (χ3v) is 2.92. The van der Waals surface area contributed by atoms with Gasteiger partial charge in [0.25, 0.3) is 5.56 Å². The number of ether oxygens (including phenoxy) is 1. The van der Waals surface area contributed by atoms with Crippen LogP contribution in [0.1, 0.15) is 12.5 Å². The topological polar surface area (TPSA) is 63.8 Å². The van der Waals surface area contributed by atoms with Gasteiger partial charge in [0.1, 0.15) is 12.4 Å². The van der Waals surface area contributed by atoms with Gasteiger partial charge < -0.3 is 14.5 Å². The Kier molecular flexibility index (Phi) is 4.55. The Morgan fingerprint density at radius 2 is 2.00 bits per heavy atom. The zero-order valence-corrected chi connectivity index (χ0v) is 11.2. The summed E-state index contributed by atoms with van der Waals surface area (Å²) in [6, 6.07) is 12.3. The molecule has 0 amide bonds. The summed E-state index contributed by atoms with van der Waals surface area (Å²) < 4.78 is 7.25. The number of rotatable bonds is 5. The molecule has 5 nitrogen and oxygen atoms in total. The molecule has 0 aliphatic carbocycles. The van der Waals surface area contributed by atoms with Crippen LogP contribution in [0.25, 0.3) is 0 Å². The molecule has 104 valence electrons. The largest absolute Gasteiger partial charge is 0.491 e. The number of pyridine rings is 1. The molecule has 1 aromatic heterocycles. The zero-order chi connectivity index (χ0) is 14.4. The van der Waals surface area contributed by atoms with Crippen molar-refractivity contribution in [1.82, 2.24) is 4.57 Å². The number of aromatic nitrogens is 1. The van der Waals surface area contributed by atoms with Gasteiger partial charge in [0.2, 0.25) is 0 Å². The first-order valence-corrected chi connectivity index (χ1v) is 6.28. The van der Waals surface area contributed by atoms with E-state index in [0.29, 0.717) is 24.6 Å². The Bertz CT molecular complexity index is 662. The monoisotopic (exact) mass is 272 g/mol. The summed E-state index contributed by atoms with van der Waals surface area (Å²) in [5, 5.41) is 12.0. The summed E-state index contributed by atoms with van der Waals surface area (Å²) in [7, 11) is 0. The average Bonchev–Trinajstić information content (AvgIpc) is 2.49. The SMILES string of the molecule is C/C(=N/O)c1ccccc1OCCn1ccccc1=O. The second-order valence-electron chi connectivity index (χ2n) is 4.26. The van der Waals surface area contributed by atoms with Gasteiger partial charge in [-0.05, 0) is 25.1 Å². The number of benzene rings is 1. The summed E-state index contributed by atoms with van der Waals surface area (Å²) in [5.74, 6) is 0.631. The van der Waals surface area contributed by atoms with Crippen LogP contribution in [0.5, 0.6) is 5.75 Å². The maximum Gasteiger partial charge on any atom is 0.250 e. The van der Waals surface area contributed by atoms with Gasteiger partial charge in [-0.1, -0.05) is 23.4 Å². The van der Waals surface area contributed by atoms with Crippen molar-refractivity contribution in [1.29, 1.82) is 0 Å². The van der Waals surface area contributed by atoms with Crippen LogP contribution in [0.2, 0.25) is 0 Å². The zero-order valence-electron chi connectivity index (χ0n) is 11.2. The fourth-order valence-electron chi connectivity index (χ4n) is 1.84. The quantitative estimate of drug-likeness (QED) is 0.515. The summed E-state index contributed by atoms with van der Waals surface area (Å²) in [4.78, 5) is 11.5. The minimum atomic E-state index is -0.0579. The highest BCUT2D eigenvalue weighted by atomic mass is 16.5. The van der Waals surface area contributed by atoms with E-state index < -0.39 is 0 Å². The Balaban J connectivity index is 2.05. The van der Waals surface area contributed by atoms with Crippen molar-refractivity contribution in [3.63, 3.8) is 0 Å². The lowest BCUT2D eigenvalue weighted by atomic mass is 10.1. The molecule has 0 saturated carbocycles. The van der Waals surface area contributed by atoms with Gasteiger partial charge in [-0.3, -0.25) is 4.79 Å². The molecule has 1 N–H and O–H groups in total. The van der Waals surface area contributed by atoms with Crippen LogP contribution in [0.15, 0.2) is 58.6 Å². The van der Waals surface area contributed by atoms with Crippen LogP contribution in [0.4, 0.5) is 0 Å². The lowest BCUT2D eigenvalue weighted by Gasteiger charge is -2.11. The molecular weight excluding hydrogens is 256 g/mol. The first-order chi connectivity index (χ1) is 9.72. The van der Waals surface area contributed by atoms with Crippen molar-refractivity contribution >= 4 is 5.71 Å². The van der Waals surface area contributed by atoms with Crippen molar-refractivity contribution in [3.8, 4) is 5.75 Å². The molecule has 0 fully saturated rings. The van der Waals surface area contributed by atoms with Gasteiger partial charge in [-0.2, -0.15) is 0 Å². The molecular formula is C15H16N2O3. The van der Waals surface area contributed by atoms with Crippen LogP contribution in [0.3, 0.4) is 0 Å². The number of hydrogen-bond acceptors (Lipinski definition) is 4. The van der Waals surface area contributed by atoms with Crippen LogP contribution < -0.4 is 10.3 Å². The van der Waals surface area contributed by atoms with Crippen molar-refractivity contribution in [2.45, 2.75) is 13.5 Å². The predicted octanol–water partition coefficient (Wildman–Crippen LogP) is 2.13. The van der Waals surface area contributed by atoms with Crippen molar-refractivity contribution in [2.24, 2.45) is 5.16 Å². The van der Waals surface area contributed by atoms with Gasteiger partial charge in [-0.25, -0.2) is 0 Å². The highest BCUT2D eigenvalue weighted by Gasteiger charge is 2.06. The Morgan fingerprint density at radius 1 is 1.25 bits per heavy atom. The maximum atomic E-state index is 11.5. The van der Waals surface area contributed by atoms with Gasteiger partial charge in [0.15, 0.2) is 0 Å². The van der Waals surface area contributed by atoms with Crippen molar-refractivity contribution in [2.75, 3.05) is 6.61 Å². The van der Waals surface area contributed by atoms with Gasteiger partial charge >= 0.3 is 0 Å². The van der Waals surface area contributed by atoms with E-state index in [2.05, 4.69) is 5.16 Å². The molecule has 0 spiro atoms. The summed E-state index contributed by atoms with van der Waals surface area (Å²) in [6.07, 6.45) is 1.72. The van der Waals surface area contributed by atoms with Gasteiger partial charge in [0, 0.05) is 17.8 Å². The van der Waals surface area contributed by atoms with E-state index in [0.717, 1.165) is 5.56 Å². The lowest BCUT2D eigenvalue weighted by molar-refractivity contribution is 0.294. The Hall–Kier alpha value is -2.56. The summed E-state index contributed by atoms with van der Waals surface area (Å²) >= 11 is 0. The number of oxime groups is 1. The van der Waals surface area contributed by atoms with E-state index in [-0.39, 0.29) is 5.56 Å². The van der Waals surface area contributed by atoms with Crippen molar-refractivity contribution in [3.05, 3.63) is 64.6 Å². The third-order valence-electron chi connectivity index (χ3n) is 2.92. The smallest absolute Gasteiger partial charge is 0.250 e. The molecule has 1 heterocycles. The summed E-state index contributed by atoms with van der Waals surface area (Å²) in [6.45, 7) is 2.52. The van der Waals surface area contributed by atoms with E-state index in [1.54, 1.807) is 35.9 Å².